The zero-order valence-corrected chi connectivity index (χ0v) is 16.8. The lowest BCUT2D eigenvalue weighted by atomic mass is 10.1. The normalized spacial score (nSPS) is 18.5. The number of alkyl halides is 3. The number of ether oxygens (including phenoxy) is 2. The molecule has 9 heteroatoms. The van der Waals surface area contributed by atoms with Gasteiger partial charge in [0.15, 0.2) is 0 Å². The van der Waals surface area contributed by atoms with Gasteiger partial charge in [-0.2, -0.15) is 13.2 Å². The van der Waals surface area contributed by atoms with E-state index in [2.05, 4.69) is 5.32 Å². The van der Waals surface area contributed by atoms with Crippen molar-refractivity contribution in [2.75, 3.05) is 25.0 Å². The lowest BCUT2D eigenvalue weighted by molar-refractivity contribution is -0.207. The Balaban J connectivity index is 1.57. The maximum atomic E-state index is 13.5. The van der Waals surface area contributed by atoms with Crippen LogP contribution in [0.3, 0.4) is 0 Å². The summed E-state index contributed by atoms with van der Waals surface area (Å²) in [7, 11) is 0. The monoisotopic (exact) mass is 442 g/mol. The standard InChI is InChI=1S/C21H22ClF3N2O3/c22-15-8-10-16(11-9-15)26-20(28)30-19(21(23,24)25)14-27-12-4-7-18(13-27)29-17-5-2-1-3-6-17/h1-3,5-6,8-11,18-19H,4,7,12-14H2,(H,26,28)/t18-,19?/m0/s1. The molecule has 1 fully saturated rings. The van der Waals surface area contributed by atoms with Gasteiger partial charge < -0.3 is 9.47 Å². The minimum Gasteiger partial charge on any atom is -0.489 e. The third kappa shape index (κ3) is 6.81. The molecule has 0 aliphatic carbocycles. The quantitative estimate of drug-likeness (QED) is 0.654. The third-order valence-electron chi connectivity index (χ3n) is 4.64. The lowest BCUT2D eigenvalue weighted by Gasteiger charge is -2.35. The molecule has 2 aromatic rings. The average molecular weight is 443 g/mol. The summed E-state index contributed by atoms with van der Waals surface area (Å²) in [5, 5.41) is 2.73. The molecule has 0 saturated carbocycles. The van der Waals surface area contributed by atoms with Gasteiger partial charge in [0.2, 0.25) is 6.10 Å². The molecule has 1 saturated heterocycles. The minimum atomic E-state index is -4.69. The van der Waals surface area contributed by atoms with Gasteiger partial charge in [-0.3, -0.25) is 10.2 Å². The van der Waals surface area contributed by atoms with Crippen molar-refractivity contribution in [3.05, 3.63) is 59.6 Å². The number of para-hydroxylation sites is 1. The number of likely N-dealkylation sites (tertiary alicyclic amines) is 1. The van der Waals surface area contributed by atoms with Crippen LogP contribution in [0.1, 0.15) is 12.8 Å². The third-order valence-corrected chi connectivity index (χ3v) is 4.89. The number of carbonyl (C=O) groups is 1. The number of hydrogen-bond donors (Lipinski definition) is 1. The zero-order chi connectivity index (χ0) is 21.6. The van der Waals surface area contributed by atoms with Crippen LogP contribution in [-0.2, 0) is 4.74 Å². The molecule has 30 heavy (non-hydrogen) atoms. The van der Waals surface area contributed by atoms with Gasteiger partial charge in [-0.15, -0.1) is 0 Å². The van der Waals surface area contributed by atoms with Crippen molar-refractivity contribution in [3.63, 3.8) is 0 Å². The molecule has 1 aliphatic rings. The van der Waals surface area contributed by atoms with Crippen LogP contribution in [0.25, 0.3) is 0 Å². The predicted octanol–water partition coefficient (Wildman–Crippen LogP) is 5.36. The fourth-order valence-corrected chi connectivity index (χ4v) is 3.34. The number of piperidine rings is 1. The summed E-state index contributed by atoms with van der Waals surface area (Å²) in [4.78, 5) is 13.6. The molecule has 1 heterocycles. The van der Waals surface area contributed by atoms with E-state index in [0.717, 1.165) is 6.42 Å². The fraction of sp³-hybridized carbons (Fsp3) is 0.381. The van der Waals surface area contributed by atoms with Crippen LogP contribution in [0.15, 0.2) is 54.6 Å². The molecular weight excluding hydrogens is 421 g/mol. The minimum absolute atomic E-state index is 0.224. The number of anilines is 1. The highest BCUT2D eigenvalue weighted by Crippen LogP contribution is 2.26. The Morgan fingerprint density at radius 2 is 1.87 bits per heavy atom. The first-order chi connectivity index (χ1) is 14.3. The van der Waals surface area contributed by atoms with E-state index < -0.39 is 24.9 Å². The summed E-state index contributed by atoms with van der Waals surface area (Å²) in [5.41, 5.74) is 0.291. The summed E-state index contributed by atoms with van der Waals surface area (Å²) >= 11 is 5.76. The number of rotatable bonds is 6. The summed E-state index contributed by atoms with van der Waals surface area (Å²) in [6, 6.07) is 15.1. The highest BCUT2D eigenvalue weighted by molar-refractivity contribution is 6.30. The highest BCUT2D eigenvalue weighted by atomic mass is 35.5. The van der Waals surface area contributed by atoms with Crippen LogP contribution in [0.4, 0.5) is 23.7 Å². The smallest absolute Gasteiger partial charge is 0.426 e. The van der Waals surface area contributed by atoms with Crippen molar-refractivity contribution < 1.29 is 27.4 Å². The highest BCUT2D eigenvalue weighted by Gasteiger charge is 2.44. The number of carbonyl (C=O) groups excluding carboxylic acids is 1. The molecule has 3 rings (SSSR count). The Morgan fingerprint density at radius 3 is 2.53 bits per heavy atom. The molecule has 2 aromatic carbocycles. The largest absolute Gasteiger partial charge is 0.489 e. The van der Waals surface area contributed by atoms with Gasteiger partial charge in [0.1, 0.15) is 11.9 Å². The fourth-order valence-electron chi connectivity index (χ4n) is 3.22. The van der Waals surface area contributed by atoms with E-state index in [1.54, 1.807) is 4.90 Å². The topological polar surface area (TPSA) is 50.8 Å². The van der Waals surface area contributed by atoms with Crippen LogP contribution in [-0.4, -0.2) is 49.0 Å². The Morgan fingerprint density at radius 1 is 1.17 bits per heavy atom. The Hall–Kier alpha value is -2.45. The molecule has 0 radical (unpaired) electrons. The van der Waals surface area contributed by atoms with Gasteiger partial charge >= 0.3 is 12.3 Å². The Labute approximate surface area is 177 Å². The van der Waals surface area contributed by atoms with Crippen LogP contribution >= 0.6 is 11.6 Å². The summed E-state index contributed by atoms with van der Waals surface area (Å²) in [6.45, 7) is 0.346. The second-order valence-corrected chi connectivity index (χ2v) is 7.46. The van der Waals surface area contributed by atoms with Crippen molar-refractivity contribution in [1.82, 2.24) is 4.90 Å². The molecule has 1 unspecified atom stereocenters. The van der Waals surface area contributed by atoms with Crippen molar-refractivity contribution in [2.45, 2.75) is 31.2 Å². The predicted molar refractivity (Wildman–Crippen MR) is 108 cm³/mol. The van der Waals surface area contributed by atoms with Crippen LogP contribution in [0.5, 0.6) is 5.75 Å². The maximum Gasteiger partial charge on any atom is 0.426 e. The maximum absolute atomic E-state index is 13.5. The van der Waals surface area contributed by atoms with Crippen LogP contribution in [0.2, 0.25) is 5.02 Å². The van der Waals surface area contributed by atoms with E-state index in [1.165, 1.54) is 24.3 Å². The molecule has 5 nitrogen and oxygen atoms in total. The number of hydrogen-bond acceptors (Lipinski definition) is 4. The van der Waals surface area contributed by atoms with Crippen LogP contribution < -0.4 is 10.1 Å². The molecular formula is C21H22ClF3N2O3. The second kappa shape index (κ2) is 10.0. The van der Waals surface area contributed by atoms with Gasteiger partial charge in [0, 0.05) is 23.8 Å². The molecule has 1 amide bonds. The number of nitrogens with one attached hydrogen (secondary N) is 1. The van der Waals surface area contributed by atoms with E-state index in [-0.39, 0.29) is 6.10 Å². The van der Waals surface area contributed by atoms with E-state index in [0.29, 0.717) is 36.0 Å². The molecule has 2 atom stereocenters. The molecule has 1 N–H and O–H groups in total. The van der Waals surface area contributed by atoms with Crippen LogP contribution in [0, 0.1) is 0 Å². The first-order valence-electron chi connectivity index (χ1n) is 9.53. The summed E-state index contributed by atoms with van der Waals surface area (Å²) in [6.07, 6.45) is -6.89. The van der Waals surface area contributed by atoms with Crippen molar-refractivity contribution >= 4 is 23.4 Å². The van der Waals surface area contributed by atoms with E-state index in [4.69, 9.17) is 21.1 Å². The molecule has 0 bridgehead atoms. The average Bonchev–Trinajstić information content (AvgIpc) is 2.70. The molecule has 0 spiro atoms. The van der Waals surface area contributed by atoms with E-state index in [9.17, 15) is 18.0 Å². The number of amides is 1. The van der Waals surface area contributed by atoms with E-state index >= 15 is 0 Å². The van der Waals surface area contributed by atoms with Gasteiger partial charge in [-0.05, 0) is 55.8 Å². The van der Waals surface area contributed by atoms with Crippen molar-refractivity contribution in [3.8, 4) is 5.75 Å². The Kier molecular flexibility index (Phi) is 7.44. The van der Waals surface area contributed by atoms with Gasteiger partial charge in [-0.25, -0.2) is 4.79 Å². The van der Waals surface area contributed by atoms with Crippen molar-refractivity contribution in [2.24, 2.45) is 0 Å². The Bertz CT molecular complexity index is 818. The van der Waals surface area contributed by atoms with Gasteiger partial charge in [0.05, 0.1) is 0 Å². The number of nitrogens with zero attached hydrogens (tertiary/aromatic N) is 1. The zero-order valence-electron chi connectivity index (χ0n) is 16.1. The second-order valence-electron chi connectivity index (χ2n) is 7.02. The molecule has 1 aliphatic heterocycles. The molecule has 162 valence electrons. The number of halogens is 4. The summed E-state index contributed by atoms with van der Waals surface area (Å²) < 4.78 is 51.1. The van der Waals surface area contributed by atoms with Crippen molar-refractivity contribution in [1.29, 1.82) is 0 Å². The SMILES string of the molecule is O=C(Nc1ccc(Cl)cc1)OC(CN1CCC[C@H](Oc2ccccc2)C1)C(F)(F)F. The van der Waals surface area contributed by atoms with Gasteiger partial charge in [-0.1, -0.05) is 29.8 Å². The molecule has 0 aromatic heterocycles. The first kappa shape index (κ1) is 22.2. The lowest BCUT2D eigenvalue weighted by Crippen LogP contribution is -2.49. The van der Waals surface area contributed by atoms with Gasteiger partial charge in [0.25, 0.3) is 0 Å². The number of benzene rings is 2. The summed E-state index contributed by atoms with van der Waals surface area (Å²) in [5.74, 6) is 0.676. The first-order valence-corrected chi connectivity index (χ1v) is 9.91. The van der Waals surface area contributed by atoms with E-state index in [1.807, 2.05) is 30.3 Å².